The number of pyridine rings is 1. The van der Waals surface area contributed by atoms with E-state index in [1.165, 1.54) is 25.4 Å². The van der Waals surface area contributed by atoms with Crippen LogP contribution in [0.2, 0.25) is 0 Å². The number of benzene rings is 1. The van der Waals surface area contributed by atoms with Gasteiger partial charge in [-0.1, -0.05) is 30.3 Å². The van der Waals surface area contributed by atoms with Crippen LogP contribution < -0.4 is 15.4 Å². The quantitative estimate of drug-likeness (QED) is 0.663. The molecule has 0 aliphatic heterocycles. The molecular weight excluding hydrogens is 376 g/mol. The first kappa shape index (κ1) is 19.5. The number of hydrogen-bond donors (Lipinski definition) is 2. The lowest BCUT2D eigenvalue weighted by atomic mass is 10.1. The third-order valence-corrected chi connectivity index (χ3v) is 4.77. The summed E-state index contributed by atoms with van der Waals surface area (Å²) in [4.78, 5) is 32.1. The number of ether oxygens (including phenoxy) is 1. The fourth-order valence-corrected chi connectivity index (χ4v) is 3.33. The third-order valence-electron chi connectivity index (χ3n) is 4.02. The maximum atomic E-state index is 12.3. The molecule has 0 saturated carbocycles. The molecule has 0 aliphatic rings. The number of nitrogens with one attached hydrogen (secondary N) is 2. The number of carbonyl (C=O) groups excluding carboxylic acids is 2. The number of aromatic nitrogens is 2. The minimum absolute atomic E-state index is 0.0628. The van der Waals surface area contributed by atoms with Gasteiger partial charge in [-0.05, 0) is 18.6 Å². The van der Waals surface area contributed by atoms with E-state index in [1.54, 1.807) is 18.2 Å². The van der Waals surface area contributed by atoms with Crippen molar-refractivity contribution < 1.29 is 14.3 Å². The Balaban J connectivity index is 1.69. The van der Waals surface area contributed by atoms with Gasteiger partial charge in [0.15, 0.2) is 5.13 Å². The predicted octanol–water partition coefficient (Wildman–Crippen LogP) is 3.66. The van der Waals surface area contributed by atoms with Crippen molar-refractivity contribution in [2.24, 2.45) is 0 Å². The van der Waals surface area contributed by atoms with Crippen LogP contribution in [0.3, 0.4) is 0 Å². The molecule has 0 aliphatic carbocycles. The number of amides is 2. The van der Waals surface area contributed by atoms with Gasteiger partial charge < -0.3 is 10.1 Å². The van der Waals surface area contributed by atoms with Gasteiger partial charge in [-0.2, -0.15) is 0 Å². The maximum Gasteiger partial charge on any atom is 0.276 e. The SMILES string of the molecule is COc1cccc(C(=O)Nc2nc(-c3ccc([C@H](C)NC(C)=O)cc3)cs2)n1. The highest BCUT2D eigenvalue weighted by Gasteiger charge is 2.13. The zero-order valence-electron chi connectivity index (χ0n) is 15.7. The van der Waals surface area contributed by atoms with Crippen LogP contribution in [0.5, 0.6) is 5.88 Å². The van der Waals surface area contributed by atoms with Gasteiger partial charge in [0.25, 0.3) is 5.91 Å². The first-order valence-electron chi connectivity index (χ1n) is 8.61. The summed E-state index contributed by atoms with van der Waals surface area (Å²) in [5.74, 6) is -0.0395. The van der Waals surface area contributed by atoms with Crippen LogP contribution in [0.1, 0.15) is 35.9 Å². The van der Waals surface area contributed by atoms with Gasteiger partial charge in [0.05, 0.1) is 18.8 Å². The highest BCUT2D eigenvalue weighted by Crippen LogP contribution is 2.26. The normalized spacial score (nSPS) is 11.5. The van der Waals surface area contributed by atoms with E-state index in [0.717, 1.165) is 16.8 Å². The molecule has 2 aromatic heterocycles. The van der Waals surface area contributed by atoms with E-state index in [1.807, 2.05) is 36.6 Å². The summed E-state index contributed by atoms with van der Waals surface area (Å²) in [6.45, 7) is 3.43. The van der Waals surface area contributed by atoms with Gasteiger partial charge in [0.2, 0.25) is 11.8 Å². The molecule has 0 unspecified atom stereocenters. The van der Waals surface area contributed by atoms with Crippen molar-refractivity contribution in [3.8, 4) is 17.1 Å². The van der Waals surface area contributed by atoms with E-state index >= 15 is 0 Å². The molecule has 0 spiro atoms. The number of nitrogens with zero attached hydrogens (tertiary/aromatic N) is 2. The average Bonchev–Trinajstić information content (AvgIpc) is 3.16. The summed E-state index contributed by atoms with van der Waals surface area (Å²) in [5.41, 5.74) is 2.95. The number of carbonyl (C=O) groups is 2. The Bertz CT molecular complexity index is 985. The van der Waals surface area contributed by atoms with Crippen LogP contribution in [-0.4, -0.2) is 28.9 Å². The molecule has 2 heterocycles. The van der Waals surface area contributed by atoms with Crippen molar-refractivity contribution in [2.45, 2.75) is 19.9 Å². The van der Waals surface area contributed by atoms with Gasteiger partial charge >= 0.3 is 0 Å². The molecule has 1 aromatic carbocycles. The third kappa shape index (κ3) is 4.72. The van der Waals surface area contributed by atoms with Gasteiger partial charge in [-0.25, -0.2) is 9.97 Å². The Kier molecular flexibility index (Phi) is 6.00. The molecular formula is C20H20N4O3S. The van der Waals surface area contributed by atoms with Crippen molar-refractivity contribution in [3.05, 3.63) is 59.1 Å². The van der Waals surface area contributed by atoms with Gasteiger partial charge in [0, 0.05) is 23.9 Å². The fourth-order valence-electron chi connectivity index (χ4n) is 2.61. The van der Waals surface area contributed by atoms with E-state index < -0.39 is 0 Å². The molecule has 28 heavy (non-hydrogen) atoms. The van der Waals surface area contributed by atoms with Gasteiger partial charge in [-0.3, -0.25) is 14.9 Å². The van der Waals surface area contributed by atoms with E-state index in [4.69, 9.17) is 4.74 Å². The molecule has 7 nitrogen and oxygen atoms in total. The standard InChI is InChI=1S/C20H20N4O3S/c1-12(21-13(2)25)14-7-9-15(10-8-14)17-11-28-20(23-17)24-19(26)16-5-4-6-18(22-16)27-3/h4-12H,1-3H3,(H,21,25)(H,23,24,26)/t12-/m0/s1. The lowest BCUT2D eigenvalue weighted by Gasteiger charge is -2.13. The average molecular weight is 396 g/mol. The first-order chi connectivity index (χ1) is 13.5. The number of thiazole rings is 1. The summed E-state index contributed by atoms with van der Waals surface area (Å²) in [6, 6.07) is 12.7. The van der Waals surface area contributed by atoms with Crippen LogP contribution >= 0.6 is 11.3 Å². The summed E-state index contributed by atoms with van der Waals surface area (Å²) in [5, 5.41) is 7.97. The topological polar surface area (TPSA) is 93.2 Å². The Labute approximate surface area is 166 Å². The lowest BCUT2D eigenvalue weighted by Crippen LogP contribution is -2.23. The molecule has 1 atom stereocenters. The second kappa shape index (κ2) is 8.62. The van der Waals surface area contributed by atoms with Gasteiger partial charge in [-0.15, -0.1) is 11.3 Å². The molecule has 8 heteroatoms. The molecule has 2 N–H and O–H groups in total. The minimum atomic E-state index is -0.348. The van der Waals surface area contributed by atoms with Crippen LogP contribution in [-0.2, 0) is 4.79 Å². The second-order valence-corrected chi connectivity index (χ2v) is 6.96. The van der Waals surface area contributed by atoms with E-state index in [2.05, 4.69) is 20.6 Å². The molecule has 0 saturated heterocycles. The Morgan fingerprint density at radius 1 is 1.11 bits per heavy atom. The van der Waals surface area contributed by atoms with Crippen molar-refractivity contribution in [3.63, 3.8) is 0 Å². The molecule has 0 bridgehead atoms. The Morgan fingerprint density at radius 2 is 1.86 bits per heavy atom. The molecule has 3 aromatic rings. The van der Waals surface area contributed by atoms with Crippen molar-refractivity contribution in [1.82, 2.24) is 15.3 Å². The van der Waals surface area contributed by atoms with Crippen molar-refractivity contribution in [1.29, 1.82) is 0 Å². The lowest BCUT2D eigenvalue weighted by molar-refractivity contribution is -0.119. The number of rotatable bonds is 6. The van der Waals surface area contributed by atoms with Crippen LogP contribution in [0.4, 0.5) is 5.13 Å². The van der Waals surface area contributed by atoms with Crippen LogP contribution in [0, 0.1) is 0 Å². The second-order valence-electron chi connectivity index (χ2n) is 6.10. The van der Waals surface area contributed by atoms with E-state index in [9.17, 15) is 9.59 Å². The molecule has 0 radical (unpaired) electrons. The first-order valence-corrected chi connectivity index (χ1v) is 9.49. The minimum Gasteiger partial charge on any atom is -0.481 e. The van der Waals surface area contributed by atoms with E-state index in [-0.39, 0.29) is 23.6 Å². The number of hydrogen-bond acceptors (Lipinski definition) is 6. The summed E-state index contributed by atoms with van der Waals surface area (Å²) in [7, 11) is 1.50. The van der Waals surface area contributed by atoms with Gasteiger partial charge in [0.1, 0.15) is 5.69 Å². The molecule has 0 fully saturated rings. The molecule has 2 amide bonds. The molecule has 3 rings (SSSR count). The number of anilines is 1. The summed E-state index contributed by atoms with van der Waals surface area (Å²) < 4.78 is 5.04. The van der Waals surface area contributed by atoms with E-state index in [0.29, 0.717) is 11.0 Å². The Hall–Kier alpha value is -3.26. The fraction of sp³-hybridized carbons (Fsp3) is 0.200. The molecule has 144 valence electrons. The zero-order chi connectivity index (χ0) is 20.1. The predicted molar refractivity (Wildman–Crippen MR) is 109 cm³/mol. The monoisotopic (exact) mass is 396 g/mol. The Morgan fingerprint density at radius 3 is 2.54 bits per heavy atom. The number of methoxy groups -OCH3 is 1. The summed E-state index contributed by atoms with van der Waals surface area (Å²) in [6.07, 6.45) is 0. The maximum absolute atomic E-state index is 12.3. The van der Waals surface area contributed by atoms with Crippen molar-refractivity contribution >= 4 is 28.3 Å². The zero-order valence-corrected chi connectivity index (χ0v) is 16.5. The largest absolute Gasteiger partial charge is 0.481 e. The smallest absolute Gasteiger partial charge is 0.276 e. The summed E-state index contributed by atoms with van der Waals surface area (Å²) >= 11 is 1.34. The van der Waals surface area contributed by atoms with Crippen molar-refractivity contribution in [2.75, 3.05) is 12.4 Å². The highest BCUT2D eigenvalue weighted by atomic mass is 32.1. The highest BCUT2D eigenvalue weighted by molar-refractivity contribution is 7.14. The van der Waals surface area contributed by atoms with Crippen LogP contribution in [0.15, 0.2) is 47.8 Å². The van der Waals surface area contributed by atoms with Crippen LogP contribution in [0.25, 0.3) is 11.3 Å².